The summed E-state index contributed by atoms with van der Waals surface area (Å²) in [5, 5.41) is 5.31. The minimum Gasteiger partial charge on any atom is -0.378 e. The molecule has 6 heteroatoms. The van der Waals surface area contributed by atoms with Crippen LogP contribution in [0.5, 0.6) is 0 Å². The number of anilines is 2. The van der Waals surface area contributed by atoms with E-state index in [-0.39, 0.29) is 30.6 Å². The van der Waals surface area contributed by atoms with Crippen LogP contribution in [-0.2, 0) is 9.59 Å². The molecule has 0 bridgehead atoms. The molecule has 0 aliphatic heterocycles. The van der Waals surface area contributed by atoms with Crippen LogP contribution in [0.4, 0.5) is 11.4 Å². The van der Waals surface area contributed by atoms with Crippen LogP contribution in [0.3, 0.4) is 0 Å². The van der Waals surface area contributed by atoms with Gasteiger partial charge >= 0.3 is 0 Å². The maximum absolute atomic E-state index is 12.0. The number of hydrogen-bond donors (Lipinski definition) is 2. The number of nitrogens with one attached hydrogen (secondary N) is 2. The molecule has 0 aromatic heterocycles. The summed E-state index contributed by atoms with van der Waals surface area (Å²) in [6.07, 6.45) is 0.971. The van der Waals surface area contributed by atoms with Crippen LogP contribution in [0.15, 0.2) is 54.6 Å². The Bertz CT molecular complexity index is 771. The van der Waals surface area contributed by atoms with Crippen molar-refractivity contribution >= 4 is 29.0 Å². The molecule has 2 N–H and O–H groups in total. The summed E-state index contributed by atoms with van der Waals surface area (Å²) in [4.78, 5) is 37.7. The second kappa shape index (κ2) is 10.1. The molecule has 0 spiro atoms. The van der Waals surface area contributed by atoms with Crippen LogP contribution in [0.2, 0.25) is 0 Å². The summed E-state index contributed by atoms with van der Waals surface area (Å²) >= 11 is 0. The SMILES string of the molecule is CN(C)c1ccc(NC(=O)CNC(=O)CCCC(=O)c2ccccc2)cc1. The monoisotopic (exact) mass is 367 g/mol. The first-order chi connectivity index (χ1) is 13.0. The molecule has 6 nitrogen and oxygen atoms in total. The topological polar surface area (TPSA) is 78.5 Å². The van der Waals surface area contributed by atoms with Gasteiger partial charge in [-0.25, -0.2) is 0 Å². The van der Waals surface area contributed by atoms with E-state index in [0.29, 0.717) is 24.1 Å². The molecule has 0 fully saturated rings. The molecular formula is C21H25N3O3. The summed E-state index contributed by atoms with van der Waals surface area (Å²) < 4.78 is 0. The van der Waals surface area contributed by atoms with Crippen molar-refractivity contribution in [3.05, 3.63) is 60.2 Å². The van der Waals surface area contributed by atoms with Gasteiger partial charge in [-0.3, -0.25) is 14.4 Å². The number of carbonyl (C=O) groups is 3. The van der Waals surface area contributed by atoms with Gasteiger partial charge in [0, 0.05) is 43.9 Å². The molecule has 2 amide bonds. The fourth-order valence-corrected chi connectivity index (χ4v) is 2.49. The average Bonchev–Trinajstić information content (AvgIpc) is 2.67. The predicted octanol–water partition coefficient (Wildman–Crippen LogP) is 2.86. The summed E-state index contributed by atoms with van der Waals surface area (Å²) in [5.74, 6) is -0.516. The lowest BCUT2D eigenvalue weighted by molar-refractivity contribution is -0.124. The predicted molar refractivity (Wildman–Crippen MR) is 107 cm³/mol. The molecular weight excluding hydrogens is 342 g/mol. The van der Waals surface area contributed by atoms with E-state index in [0.717, 1.165) is 5.69 Å². The minimum atomic E-state index is -0.290. The van der Waals surface area contributed by atoms with E-state index < -0.39 is 0 Å². The number of ketones is 1. The molecule has 2 aromatic rings. The molecule has 0 aliphatic carbocycles. The average molecular weight is 367 g/mol. The van der Waals surface area contributed by atoms with Gasteiger partial charge in [-0.05, 0) is 30.7 Å². The quantitative estimate of drug-likeness (QED) is 0.668. The van der Waals surface area contributed by atoms with Crippen molar-refractivity contribution in [1.82, 2.24) is 5.32 Å². The molecule has 0 radical (unpaired) electrons. The van der Waals surface area contributed by atoms with Crippen molar-refractivity contribution in [2.45, 2.75) is 19.3 Å². The molecule has 0 atom stereocenters. The van der Waals surface area contributed by atoms with Gasteiger partial charge in [0.25, 0.3) is 0 Å². The summed E-state index contributed by atoms with van der Waals surface area (Å²) in [6, 6.07) is 16.4. The Kier molecular flexibility index (Phi) is 7.55. The van der Waals surface area contributed by atoms with E-state index >= 15 is 0 Å². The number of amides is 2. The smallest absolute Gasteiger partial charge is 0.243 e. The Morgan fingerprint density at radius 1 is 0.852 bits per heavy atom. The first-order valence-electron chi connectivity index (χ1n) is 8.88. The van der Waals surface area contributed by atoms with Crippen molar-refractivity contribution < 1.29 is 14.4 Å². The fourth-order valence-electron chi connectivity index (χ4n) is 2.49. The third kappa shape index (κ3) is 6.93. The van der Waals surface area contributed by atoms with Crippen molar-refractivity contribution in [3.8, 4) is 0 Å². The Hall–Kier alpha value is -3.15. The standard InChI is InChI=1S/C21H25N3O3/c1-24(2)18-13-11-17(12-14-18)23-21(27)15-22-20(26)10-6-9-19(25)16-7-4-3-5-8-16/h3-5,7-8,11-14H,6,9-10,15H2,1-2H3,(H,22,26)(H,23,27). The second-order valence-corrected chi connectivity index (χ2v) is 6.41. The van der Waals surface area contributed by atoms with Crippen LogP contribution >= 0.6 is 0 Å². The Morgan fingerprint density at radius 3 is 2.15 bits per heavy atom. The molecule has 0 unspecified atom stereocenters. The normalized spacial score (nSPS) is 10.1. The number of Topliss-reactive ketones (excluding diaryl/α,β-unsaturated/α-hetero) is 1. The van der Waals surface area contributed by atoms with Gasteiger partial charge in [-0.1, -0.05) is 30.3 Å². The minimum absolute atomic E-state index is 0.0160. The Labute approximate surface area is 159 Å². The van der Waals surface area contributed by atoms with Gasteiger partial charge in [0.05, 0.1) is 6.54 Å². The van der Waals surface area contributed by atoms with Crippen LogP contribution < -0.4 is 15.5 Å². The molecule has 0 heterocycles. The molecule has 2 rings (SSSR count). The van der Waals surface area contributed by atoms with Gasteiger partial charge in [0.2, 0.25) is 11.8 Å². The number of rotatable bonds is 9. The summed E-state index contributed by atoms with van der Waals surface area (Å²) in [5.41, 5.74) is 2.36. The largest absolute Gasteiger partial charge is 0.378 e. The van der Waals surface area contributed by atoms with E-state index in [1.807, 2.05) is 61.5 Å². The third-order valence-electron chi connectivity index (χ3n) is 4.02. The highest BCUT2D eigenvalue weighted by molar-refractivity contribution is 5.96. The molecule has 0 saturated carbocycles. The zero-order valence-electron chi connectivity index (χ0n) is 15.7. The first kappa shape index (κ1) is 20.2. The van der Waals surface area contributed by atoms with Crippen molar-refractivity contribution in [2.24, 2.45) is 0 Å². The van der Waals surface area contributed by atoms with Gasteiger partial charge in [-0.2, -0.15) is 0 Å². The van der Waals surface area contributed by atoms with E-state index in [1.54, 1.807) is 12.1 Å². The van der Waals surface area contributed by atoms with Crippen molar-refractivity contribution in [3.63, 3.8) is 0 Å². The van der Waals surface area contributed by atoms with Gasteiger partial charge < -0.3 is 15.5 Å². The lowest BCUT2D eigenvalue weighted by Crippen LogP contribution is -2.32. The maximum atomic E-state index is 12.0. The number of hydrogen-bond acceptors (Lipinski definition) is 4. The zero-order chi connectivity index (χ0) is 19.6. The van der Waals surface area contributed by atoms with Gasteiger partial charge in [-0.15, -0.1) is 0 Å². The molecule has 27 heavy (non-hydrogen) atoms. The second-order valence-electron chi connectivity index (χ2n) is 6.41. The summed E-state index contributed by atoms with van der Waals surface area (Å²) in [7, 11) is 3.88. The van der Waals surface area contributed by atoms with Gasteiger partial charge in [0.1, 0.15) is 0 Å². The number of carbonyl (C=O) groups excluding carboxylic acids is 3. The summed E-state index contributed by atoms with van der Waals surface area (Å²) in [6.45, 7) is -0.0963. The van der Waals surface area contributed by atoms with E-state index in [4.69, 9.17) is 0 Å². The maximum Gasteiger partial charge on any atom is 0.243 e. The van der Waals surface area contributed by atoms with Crippen LogP contribution in [-0.4, -0.2) is 38.2 Å². The lowest BCUT2D eigenvalue weighted by Gasteiger charge is -2.13. The Morgan fingerprint density at radius 2 is 1.52 bits per heavy atom. The third-order valence-corrected chi connectivity index (χ3v) is 4.02. The molecule has 0 saturated heterocycles. The van der Waals surface area contributed by atoms with Crippen molar-refractivity contribution in [2.75, 3.05) is 30.9 Å². The number of nitrogens with zero attached hydrogens (tertiary/aromatic N) is 1. The molecule has 0 aliphatic rings. The molecule has 2 aromatic carbocycles. The first-order valence-corrected chi connectivity index (χ1v) is 8.88. The van der Waals surface area contributed by atoms with E-state index in [9.17, 15) is 14.4 Å². The zero-order valence-corrected chi connectivity index (χ0v) is 15.7. The highest BCUT2D eigenvalue weighted by Crippen LogP contribution is 2.15. The van der Waals surface area contributed by atoms with Gasteiger partial charge in [0.15, 0.2) is 5.78 Å². The van der Waals surface area contributed by atoms with E-state index in [1.165, 1.54) is 0 Å². The van der Waals surface area contributed by atoms with E-state index in [2.05, 4.69) is 10.6 Å². The Balaban J connectivity index is 1.66. The fraction of sp³-hybridized carbons (Fsp3) is 0.286. The highest BCUT2D eigenvalue weighted by atomic mass is 16.2. The molecule has 142 valence electrons. The number of benzene rings is 2. The highest BCUT2D eigenvalue weighted by Gasteiger charge is 2.09. The van der Waals surface area contributed by atoms with Crippen molar-refractivity contribution in [1.29, 1.82) is 0 Å². The van der Waals surface area contributed by atoms with Crippen LogP contribution in [0.1, 0.15) is 29.6 Å². The van der Waals surface area contributed by atoms with Crippen LogP contribution in [0.25, 0.3) is 0 Å². The lowest BCUT2D eigenvalue weighted by atomic mass is 10.1. The van der Waals surface area contributed by atoms with Crippen LogP contribution in [0, 0.1) is 0 Å².